The van der Waals surface area contributed by atoms with Crippen LogP contribution in [0.15, 0.2) is 53.0 Å². The Hall–Kier alpha value is -1.78. The molecule has 1 heterocycles. The van der Waals surface area contributed by atoms with Crippen molar-refractivity contribution in [2.24, 2.45) is 0 Å². The lowest BCUT2D eigenvalue weighted by atomic mass is 10.2. The lowest BCUT2D eigenvalue weighted by Crippen LogP contribution is -2.38. The average Bonchev–Trinajstić information content (AvgIpc) is 2.79. The van der Waals surface area contributed by atoms with Crippen LogP contribution in [-0.2, 0) is 5.72 Å². The first-order valence-electron chi connectivity index (χ1n) is 7.69. The van der Waals surface area contributed by atoms with Crippen molar-refractivity contribution in [2.45, 2.75) is 26.5 Å². The van der Waals surface area contributed by atoms with Crippen molar-refractivity contribution in [1.29, 1.82) is 0 Å². The molecule has 0 aliphatic rings. The van der Waals surface area contributed by atoms with Crippen LogP contribution in [0.25, 0.3) is 10.9 Å². The third kappa shape index (κ3) is 3.01. The fraction of sp³-hybridized carbons (Fsp3) is 0.263. The summed E-state index contributed by atoms with van der Waals surface area (Å²) in [5, 5.41) is 15.6. The van der Waals surface area contributed by atoms with Crippen molar-refractivity contribution >= 4 is 32.5 Å². The zero-order valence-corrected chi connectivity index (χ0v) is 15.2. The number of rotatable bonds is 4. The number of halogens is 1. The van der Waals surface area contributed by atoms with E-state index < -0.39 is 5.72 Å². The van der Waals surface area contributed by atoms with Crippen LogP contribution in [-0.4, -0.2) is 16.2 Å². The third-order valence-electron chi connectivity index (χ3n) is 4.36. The van der Waals surface area contributed by atoms with Crippen molar-refractivity contribution < 1.29 is 5.11 Å². The summed E-state index contributed by atoms with van der Waals surface area (Å²) in [5.41, 5.74) is 3.30. The van der Waals surface area contributed by atoms with E-state index in [1.165, 1.54) is 5.56 Å². The molecule has 0 spiro atoms. The van der Waals surface area contributed by atoms with E-state index in [1.807, 2.05) is 47.9 Å². The van der Waals surface area contributed by atoms with E-state index in [0.717, 1.165) is 26.8 Å². The Morgan fingerprint density at radius 2 is 1.83 bits per heavy atom. The Balaban J connectivity index is 1.99. The van der Waals surface area contributed by atoms with Gasteiger partial charge < -0.3 is 15.0 Å². The number of aromatic nitrogens is 1. The molecule has 3 aromatic rings. The number of aliphatic hydroxyl groups is 1. The van der Waals surface area contributed by atoms with Gasteiger partial charge in [-0.15, -0.1) is 0 Å². The number of hydrogen-bond acceptors (Lipinski definition) is 2. The summed E-state index contributed by atoms with van der Waals surface area (Å²) < 4.78 is 3.06. The minimum atomic E-state index is -1.03. The summed E-state index contributed by atoms with van der Waals surface area (Å²) in [6, 6.07) is 16.1. The van der Waals surface area contributed by atoms with Gasteiger partial charge in [0.15, 0.2) is 5.72 Å². The monoisotopic (exact) mass is 372 g/mol. The molecule has 2 N–H and O–H groups in total. The van der Waals surface area contributed by atoms with Crippen molar-refractivity contribution in [3.63, 3.8) is 0 Å². The highest BCUT2D eigenvalue weighted by Gasteiger charge is 2.27. The molecule has 0 saturated carbocycles. The summed E-state index contributed by atoms with van der Waals surface area (Å²) in [6.45, 7) is 6.43. The predicted octanol–water partition coefficient (Wildman–Crippen LogP) is 4.80. The number of hydrogen-bond donors (Lipinski definition) is 2. The number of para-hydroxylation sites is 1. The fourth-order valence-corrected chi connectivity index (χ4v) is 3.43. The second kappa shape index (κ2) is 6.02. The maximum atomic E-state index is 11.1. The van der Waals surface area contributed by atoms with Gasteiger partial charge in [0.05, 0.1) is 12.1 Å². The first-order valence-corrected chi connectivity index (χ1v) is 8.48. The molecule has 0 bridgehead atoms. The van der Waals surface area contributed by atoms with E-state index in [4.69, 9.17) is 0 Å². The van der Waals surface area contributed by atoms with Gasteiger partial charge in [-0.1, -0.05) is 34.1 Å². The van der Waals surface area contributed by atoms with Gasteiger partial charge in [0.1, 0.15) is 0 Å². The molecule has 0 amide bonds. The van der Waals surface area contributed by atoms with Crippen LogP contribution in [0.5, 0.6) is 0 Å². The predicted molar refractivity (Wildman–Crippen MR) is 99.9 cm³/mol. The van der Waals surface area contributed by atoms with Gasteiger partial charge in [-0.25, -0.2) is 0 Å². The van der Waals surface area contributed by atoms with E-state index in [-0.39, 0.29) is 0 Å². The average molecular weight is 373 g/mol. The number of nitrogens with zero attached hydrogens (tertiary/aromatic N) is 1. The molecule has 0 radical (unpaired) electrons. The third-order valence-corrected chi connectivity index (χ3v) is 4.86. The smallest absolute Gasteiger partial charge is 0.156 e. The number of anilines is 1. The molecule has 0 aliphatic heterocycles. The maximum absolute atomic E-state index is 11.1. The molecule has 1 unspecified atom stereocenters. The van der Waals surface area contributed by atoms with Crippen LogP contribution in [0.2, 0.25) is 0 Å². The van der Waals surface area contributed by atoms with E-state index in [2.05, 4.69) is 47.2 Å². The summed E-state index contributed by atoms with van der Waals surface area (Å²) in [4.78, 5) is 0. The highest BCUT2D eigenvalue weighted by molar-refractivity contribution is 9.10. The zero-order chi connectivity index (χ0) is 16.6. The van der Waals surface area contributed by atoms with Gasteiger partial charge in [0, 0.05) is 21.2 Å². The summed E-state index contributed by atoms with van der Waals surface area (Å²) in [6.07, 6.45) is 0. The second-order valence-corrected chi connectivity index (χ2v) is 7.06. The van der Waals surface area contributed by atoms with Gasteiger partial charge in [0.2, 0.25) is 0 Å². The fourth-order valence-electron chi connectivity index (χ4n) is 3.07. The second-order valence-electron chi connectivity index (χ2n) is 6.14. The molecular weight excluding hydrogens is 352 g/mol. The van der Waals surface area contributed by atoms with Crippen molar-refractivity contribution in [3.8, 4) is 0 Å². The van der Waals surface area contributed by atoms with E-state index in [0.29, 0.717) is 6.54 Å². The number of nitrogens with one attached hydrogen (secondary N) is 1. The van der Waals surface area contributed by atoms with Crippen LogP contribution in [0.3, 0.4) is 0 Å². The summed E-state index contributed by atoms with van der Waals surface area (Å²) >= 11 is 3.53. The van der Waals surface area contributed by atoms with E-state index >= 15 is 0 Å². The van der Waals surface area contributed by atoms with Crippen molar-refractivity contribution in [2.75, 3.05) is 11.9 Å². The Labute approximate surface area is 145 Å². The first-order chi connectivity index (χ1) is 10.9. The van der Waals surface area contributed by atoms with E-state index in [1.54, 1.807) is 0 Å². The first kappa shape index (κ1) is 16.1. The Morgan fingerprint density at radius 1 is 1.13 bits per heavy atom. The Kier molecular flexibility index (Phi) is 4.21. The number of benzene rings is 2. The van der Waals surface area contributed by atoms with Gasteiger partial charge in [-0.2, -0.15) is 0 Å². The van der Waals surface area contributed by atoms with Crippen molar-refractivity contribution in [3.05, 3.63) is 64.3 Å². The molecule has 1 atom stereocenters. The highest BCUT2D eigenvalue weighted by atomic mass is 79.9. The molecule has 2 aromatic carbocycles. The zero-order valence-electron chi connectivity index (χ0n) is 13.6. The molecule has 1 aromatic heterocycles. The largest absolute Gasteiger partial charge is 0.380 e. The lowest BCUT2D eigenvalue weighted by molar-refractivity contribution is -0.00179. The maximum Gasteiger partial charge on any atom is 0.156 e. The summed E-state index contributed by atoms with van der Waals surface area (Å²) in [7, 11) is 0. The SMILES string of the molecule is Cc1c(C)n(C(C)(O)CNc2ccccc2)c2ccc(Br)cc12. The normalized spacial score (nSPS) is 14.0. The van der Waals surface area contributed by atoms with Crippen LogP contribution in [0.1, 0.15) is 18.2 Å². The van der Waals surface area contributed by atoms with Gasteiger partial charge in [0.25, 0.3) is 0 Å². The topological polar surface area (TPSA) is 37.2 Å². The van der Waals surface area contributed by atoms with E-state index in [9.17, 15) is 5.11 Å². The molecule has 0 aliphatic carbocycles. The van der Waals surface area contributed by atoms with Crippen LogP contribution >= 0.6 is 15.9 Å². The Morgan fingerprint density at radius 3 is 2.52 bits per heavy atom. The molecule has 23 heavy (non-hydrogen) atoms. The minimum absolute atomic E-state index is 0.428. The molecule has 3 nitrogen and oxygen atoms in total. The van der Waals surface area contributed by atoms with Crippen LogP contribution < -0.4 is 5.32 Å². The van der Waals surface area contributed by atoms with Gasteiger partial charge >= 0.3 is 0 Å². The standard InChI is InChI=1S/C19H21BrN2O/c1-13-14(2)22(18-10-9-15(20)11-17(13)18)19(3,23)12-21-16-7-5-4-6-8-16/h4-11,21,23H,12H2,1-3H3. The molecule has 120 valence electrons. The van der Waals surface area contributed by atoms with Gasteiger partial charge in [-0.05, 0) is 56.7 Å². The number of fused-ring (bicyclic) bond motifs is 1. The Bertz CT molecular complexity index is 837. The molecular formula is C19H21BrN2O. The molecule has 3 rings (SSSR count). The van der Waals surface area contributed by atoms with Gasteiger partial charge in [-0.3, -0.25) is 0 Å². The van der Waals surface area contributed by atoms with Crippen LogP contribution in [0.4, 0.5) is 5.69 Å². The lowest BCUT2D eigenvalue weighted by Gasteiger charge is -2.29. The summed E-state index contributed by atoms with van der Waals surface area (Å²) in [5.74, 6) is 0. The quantitative estimate of drug-likeness (QED) is 0.690. The van der Waals surface area contributed by atoms with Crippen LogP contribution in [0, 0.1) is 13.8 Å². The van der Waals surface area contributed by atoms with Crippen molar-refractivity contribution in [1.82, 2.24) is 4.57 Å². The minimum Gasteiger partial charge on any atom is -0.380 e. The highest BCUT2D eigenvalue weighted by Crippen LogP contribution is 2.32. The molecule has 0 fully saturated rings. The molecule has 4 heteroatoms. The molecule has 0 saturated heterocycles. The number of aryl methyl sites for hydroxylation is 1.